The second kappa shape index (κ2) is 6.41. The first kappa shape index (κ1) is 15.1. The Balaban J connectivity index is 2.60. The molecule has 0 fully saturated rings. The molecule has 2 aromatic rings. The van der Waals surface area contributed by atoms with Gasteiger partial charge in [-0.25, -0.2) is 9.78 Å². The summed E-state index contributed by atoms with van der Waals surface area (Å²) in [6.07, 6.45) is 2.07. The zero-order valence-corrected chi connectivity index (χ0v) is 12.4. The number of nitrogen functional groups attached to an aromatic ring is 1. The van der Waals surface area contributed by atoms with E-state index in [0.29, 0.717) is 17.7 Å². The summed E-state index contributed by atoms with van der Waals surface area (Å²) in [5.74, 6) is -0.568. The van der Waals surface area contributed by atoms with Gasteiger partial charge in [-0.2, -0.15) is 0 Å². The van der Waals surface area contributed by atoms with Crippen molar-refractivity contribution in [3.05, 3.63) is 64.4 Å². The Hall–Kier alpha value is -2.33. The summed E-state index contributed by atoms with van der Waals surface area (Å²) >= 11 is 6.04. The minimum atomic E-state index is -0.568. The lowest BCUT2D eigenvalue weighted by atomic mass is 9.97. The van der Waals surface area contributed by atoms with Crippen LogP contribution in [0.2, 0.25) is 5.15 Å². The van der Waals surface area contributed by atoms with E-state index in [4.69, 9.17) is 22.1 Å². The molecule has 1 heterocycles. The van der Waals surface area contributed by atoms with E-state index in [2.05, 4.69) is 11.6 Å². The van der Waals surface area contributed by atoms with Crippen LogP contribution in [0.15, 0.2) is 36.9 Å². The number of aromatic nitrogens is 1. The summed E-state index contributed by atoms with van der Waals surface area (Å²) in [7, 11) is 1.29. The molecule has 108 valence electrons. The lowest BCUT2D eigenvalue weighted by Crippen LogP contribution is -2.12. The normalized spacial score (nSPS) is 10.2. The third kappa shape index (κ3) is 3.06. The van der Waals surface area contributed by atoms with Gasteiger partial charge in [0.1, 0.15) is 0 Å². The van der Waals surface area contributed by atoms with Crippen molar-refractivity contribution in [2.45, 2.75) is 6.42 Å². The molecule has 0 bridgehead atoms. The van der Waals surface area contributed by atoms with Crippen LogP contribution in [0.4, 0.5) is 5.69 Å². The lowest BCUT2D eigenvalue weighted by Gasteiger charge is -2.14. The molecule has 0 radical (unpaired) electrons. The Morgan fingerprint density at radius 3 is 2.67 bits per heavy atom. The summed E-state index contributed by atoms with van der Waals surface area (Å²) in [5, 5.41) is 0.0898. The third-order valence-electron chi connectivity index (χ3n) is 3.14. The quantitative estimate of drug-likeness (QED) is 0.695. The molecule has 4 nitrogen and oxygen atoms in total. The number of halogens is 1. The number of carbonyl (C=O) groups is 1. The molecule has 1 aromatic carbocycles. The summed E-state index contributed by atoms with van der Waals surface area (Å²) in [6, 6.07) is 9.74. The maximum atomic E-state index is 11.8. The van der Waals surface area contributed by atoms with E-state index in [9.17, 15) is 4.79 Å². The number of nitrogens with zero attached hydrogens (tertiary/aromatic N) is 1. The molecule has 5 heteroatoms. The number of hydrogen-bond acceptors (Lipinski definition) is 4. The fraction of sp³-hybridized carbons (Fsp3) is 0.125. The predicted octanol–water partition coefficient (Wildman–Crippen LogP) is 3.34. The van der Waals surface area contributed by atoms with Crippen molar-refractivity contribution in [1.29, 1.82) is 0 Å². The third-order valence-corrected chi connectivity index (χ3v) is 3.43. The Morgan fingerprint density at radius 1 is 1.43 bits per heavy atom. The highest BCUT2D eigenvalue weighted by Gasteiger charge is 2.20. The van der Waals surface area contributed by atoms with Crippen LogP contribution in [-0.4, -0.2) is 18.1 Å². The Labute approximate surface area is 128 Å². The first-order chi connectivity index (χ1) is 10.1. The average Bonchev–Trinajstić information content (AvgIpc) is 2.51. The molecule has 2 rings (SSSR count). The number of nitrogens with two attached hydrogens (primary N) is 1. The van der Waals surface area contributed by atoms with Gasteiger partial charge in [0.15, 0.2) is 10.8 Å². The van der Waals surface area contributed by atoms with Crippen molar-refractivity contribution in [3.63, 3.8) is 0 Å². The van der Waals surface area contributed by atoms with Gasteiger partial charge in [0, 0.05) is 12.0 Å². The topological polar surface area (TPSA) is 65.2 Å². The molecule has 0 atom stereocenters. The van der Waals surface area contributed by atoms with Crippen molar-refractivity contribution in [2.75, 3.05) is 12.8 Å². The molecule has 0 aliphatic heterocycles. The van der Waals surface area contributed by atoms with E-state index < -0.39 is 5.97 Å². The van der Waals surface area contributed by atoms with Gasteiger partial charge in [-0.3, -0.25) is 0 Å². The van der Waals surface area contributed by atoms with Crippen LogP contribution >= 0.6 is 11.6 Å². The van der Waals surface area contributed by atoms with Gasteiger partial charge < -0.3 is 10.5 Å². The van der Waals surface area contributed by atoms with Crippen molar-refractivity contribution in [1.82, 2.24) is 4.98 Å². The van der Waals surface area contributed by atoms with Crippen LogP contribution in [0.3, 0.4) is 0 Å². The molecule has 0 aliphatic rings. The van der Waals surface area contributed by atoms with Crippen LogP contribution < -0.4 is 5.73 Å². The van der Waals surface area contributed by atoms with Gasteiger partial charge in [0.05, 0.1) is 12.8 Å². The van der Waals surface area contributed by atoms with Gasteiger partial charge in [-0.05, 0) is 11.1 Å². The van der Waals surface area contributed by atoms with E-state index >= 15 is 0 Å². The Kier molecular flexibility index (Phi) is 4.60. The van der Waals surface area contributed by atoms with Gasteiger partial charge in [-0.15, -0.1) is 0 Å². The number of benzene rings is 1. The lowest BCUT2D eigenvalue weighted by molar-refractivity contribution is 0.0593. The molecule has 0 saturated carbocycles. The van der Waals surface area contributed by atoms with Gasteiger partial charge >= 0.3 is 5.97 Å². The summed E-state index contributed by atoms with van der Waals surface area (Å²) < 4.78 is 4.73. The van der Waals surface area contributed by atoms with Crippen LogP contribution in [0.5, 0.6) is 0 Å². The van der Waals surface area contributed by atoms with Crippen molar-refractivity contribution < 1.29 is 9.53 Å². The van der Waals surface area contributed by atoms with E-state index in [1.165, 1.54) is 7.11 Å². The van der Waals surface area contributed by atoms with E-state index in [-0.39, 0.29) is 10.8 Å². The number of hydrogen-bond donors (Lipinski definition) is 1. The second-order valence-corrected chi connectivity index (χ2v) is 4.77. The molecule has 2 N–H and O–H groups in total. The van der Waals surface area contributed by atoms with Gasteiger partial charge in [0.2, 0.25) is 0 Å². The number of ether oxygens (including phenoxy) is 1. The molecule has 0 amide bonds. The number of rotatable bonds is 4. The fourth-order valence-corrected chi connectivity index (χ4v) is 2.29. The minimum Gasteiger partial charge on any atom is -0.464 e. The molecule has 0 unspecified atom stereocenters. The zero-order valence-electron chi connectivity index (χ0n) is 11.6. The Morgan fingerprint density at radius 2 is 2.10 bits per heavy atom. The largest absolute Gasteiger partial charge is 0.464 e. The number of anilines is 1. The minimum absolute atomic E-state index is 0.0898. The van der Waals surface area contributed by atoms with Crippen molar-refractivity contribution in [2.24, 2.45) is 0 Å². The maximum Gasteiger partial charge on any atom is 0.357 e. The fourth-order valence-electron chi connectivity index (χ4n) is 2.09. The van der Waals surface area contributed by atoms with Crippen molar-refractivity contribution in [3.8, 4) is 0 Å². The number of pyridine rings is 1. The SMILES string of the molecule is C=Cc1c(C(=O)OC)nc(Cl)c(N)c1Cc1ccccc1. The number of carbonyl (C=O) groups excluding carboxylic acids is 1. The highest BCUT2D eigenvalue weighted by molar-refractivity contribution is 6.32. The van der Waals surface area contributed by atoms with Crippen LogP contribution in [0.25, 0.3) is 6.08 Å². The summed E-state index contributed by atoms with van der Waals surface area (Å²) in [6.45, 7) is 3.73. The second-order valence-electron chi connectivity index (χ2n) is 4.42. The first-order valence-corrected chi connectivity index (χ1v) is 6.68. The van der Waals surface area contributed by atoms with E-state index in [1.54, 1.807) is 6.08 Å². The highest BCUT2D eigenvalue weighted by Crippen LogP contribution is 2.30. The molecular formula is C16H15ClN2O2. The number of esters is 1. The molecule has 0 saturated heterocycles. The zero-order chi connectivity index (χ0) is 15.4. The molecule has 0 aliphatic carbocycles. The van der Waals surface area contributed by atoms with E-state index in [1.807, 2.05) is 30.3 Å². The molecule has 0 spiro atoms. The Bertz CT molecular complexity index is 684. The summed E-state index contributed by atoms with van der Waals surface area (Å²) in [4.78, 5) is 15.8. The van der Waals surface area contributed by atoms with Crippen LogP contribution in [0.1, 0.15) is 27.2 Å². The molecule has 1 aromatic heterocycles. The van der Waals surface area contributed by atoms with E-state index in [0.717, 1.165) is 11.1 Å². The number of methoxy groups -OCH3 is 1. The van der Waals surface area contributed by atoms with Gasteiger partial charge in [0.25, 0.3) is 0 Å². The van der Waals surface area contributed by atoms with Crippen LogP contribution in [0, 0.1) is 0 Å². The highest BCUT2D eigenvalue weighted by atomic mass is 35.5. The first-order valence-electron chi connectivity index (χ1n) is 6.31. The molecular weight excluding hydrogens is 288 g/mol. The van der Waals surface area contributed by atoms with Gasteiger partial charge in [-0.1, -0.05) is 54.6 Å². The maximum absolute atomic E-state index is 11.8. The standard InChI is InChI=1S/C16H15ClN2O2/c1-3-11-12(9-10-7-5-4-6-8-10)13(18)15(17)19-14(11)16(20)21-2/h3-8H,1,9,18H2,2H3. The summed E-state index contributed by atoms with van der Waals surface area (Å²) in [5.41, 5.74) is 8.81. The van der Waals surface area contributed by atoms with Crippen molar-refractivity contribution >= 4 is 29.3 Å². The van der Waals surface area contributed by atoms with Crippen LogP contribution in [-0.2, 0) is 11.2 Å². The smallest absolute Gasteiger partial charge is 0.357 e. The molecule has 21 heavy (non-hydrogen) atoms. The predicted molar refractivity (Wildman–Crippen MR) is 84.3 cm³/mol. The average molecular weight is 303 g/mol. The monoisotopic (exact) mass is 302 g/mol.